The number of para-hydroxylation sites is 1. The molecule has 4 nitrogen and oxygen atoms in total. The number of sulfone groups is 1. The molecule has 19 heavy (non-hydrogen) atoms. The molecule has 0 amide bonds. The SMILES string of the molecule is CCS(=O)(=O)c1ccccc1OC1CC(CNC)C1. The van der Waals surface area contributed by atoms with E-state index >= 15 is 0 Å². The number of hydrogen-bond acceptors (Lipinski definition) is 4. The monoisotopic (exact) mass is 283 g/mol. The van der Waals surface area contributed by atoms with Gasteiger partial charge in [-0.2, -0.15) is 0 Å². The molecule has 2 rings (SSSR count). The molecule has 0 bridgehead atoms. The van der Waals surface area contributed by atoms with Gasteiger partial charge in [0, 0.05) is 0 Å². The lowest BCUT2D eigenvalue weighted by Gasteiger charge is -2.35. The third-order valence-corrected chi connectivity index (χ3v) is 5.31. The van der Waals surface area contributed by atoms with Crippen LogP contribution in [0.2, 0.25) is 0 Å². The fraction of sp³-hybridized carbons (Fsp3) is 0.571. The molecule has 106 valence electrons. The molecule has 0 aliphatic heterocycles. The van der Waals surface area contributed by atoms with Crippen molar-refractivity contribution in [1.82, 2.24) is 5.32 Å². The van der Waals surface area contributed by atoms with Crippen LogP contribution in [-0.2, 0) is 9.84 Å². The highest BCUT2D eigenvalue weighted by Crippen LogP contribution is 2.33. The van der Waals surface area contributed by atoms with Gasteiger partial charge in [-0.1, -0.05) is 19.1 Å². The molecule has 0 unspecified atom stereocenters. The maximum Gasteiger partial charge on any atom is 0.181 e. The van der Waals surface area contributed by atoms with Gasteiger partial charge in [-0.25, -0.2) is 8.42 Å². The standard InChI is InChI=1S/C14H21NO3S/c1-3-19(16,17)14-7-5-4-6-13(14)18-12-8-11(9-12)10-15-2/h4-7,11-12,15H,3,8-10H2,1-2H3. The van der Waals surface area contributed by atoms with Gasteiger partial charge in [0.05, 0.1) is 11.9 Å². The van der Waals surface area contributed by atoms with Crippen molar-refractivity contribution in [1.29, 1.82) is 0 Å². The summed E-state index contributed by atoms with van der Waals surface area (Å²) >= 11 is 0. The molecule has 5 heteroatoms. The van der Waals surface area contributed by atoms with Crippen molar-refractivity contribution >= 4 is 9.84 Å². The first-order chi connectivity index (χ1) is 9.06. The molecule has 0 radical (unpaired) electrons. The second kappa shape index (κ2) is 5.92. The van der Waals surface area contributed by atoms with Crippen molar-refractivity contribution in [2.75, 3.05) is 19.3 Å². The van der Waals surface area contributed by atoms with Gasteiger partial charge in [0.15, 0.2) is 9.84 Å². The van der Waals surface area contributed by atoms with E-state index in [1.165, 1.54) is 0 Å². The van der Waals surface area contributed by atoms with Gasteiger partial charge in [0.25, 0.3) is 0 Å². The Hall–Kier alpha value is -1.07. The van der Waals surface area contributed by atoms with Crippen molar-refractivity contribution in [2.24, 2.45) is 5.92 Å². The van der Waals surface area contributed by atoms with E-state index in [-0.39, 0.29) is 11.9 Å². The van der Waals surface area contributed by atoms with Crippen molar-refractivity contribution in [3.05, 3.63) is 24.3 Å². The summed E-state index contributed by atoms with van der Waals surface area (Å²) in [7, 11) is -1.28. The summed E-state index contributed by atoms with van der Waals surface area (Å²) < 4.78 is 29.8. The third-order valence-electron chi connectivity index (χ3n) is 3.54. The Morgan fingerprint density at radius 1 is 1.32 bits per heavy atom. The van der Waals surface area contributed by atoms with Crippen molar-refractivity contribution in [3.63, 3.8) is 0 Å². The van der Waals surface area contributed by atoms with E-state index in [0.29, 0.717) is 16.6 Å². The Morgan fingerprint density at radius 3 is 2.63 bits per heavy atom. The van der Waals surface area contributed by atoms with Crippen LogP contribution < -0.4 is 10.1 Å². The Labute approximate surface area is 115 Å². The highest BCUT2D eigenvalue weighted by molar-refractivity contribution is 7.91. The van der Waals surface area contributed by atoms with E-state index in [1.54, 1.807) is 25.1 Å². The molecule has 1 aromatic rings. The van der Waals surface area contributed by atoms with Crippen LogP contribution in [-0.4, -0.2) is 33.9 Å². The van der Waals surface area contributed by atoms with E-state index in [1.807, 2.05) is 13.1 Å². The van der Waals surface area contributed by atoms with Crippen molar-refractivity contribution in [3.8, 4) is 5.75 Å². The van der Waals surface area contributed by atoms with E-state index in [2.05, 4.69) is 5.32 Å². The highest BCUT2D eigenvalue weighted by Gasteiger charge is 2.31. The van der Waals surface area contributed by atoms with Crippen LogP contribution in [0.5, 0.6) is 5.75 Å². The molecule has 0 heterocycles. The molecule has 0 atom stereocenters. The zero-order valence-corrected chi connectivity index (χ0v) is 12.2. The molecular formula is C14H21NO3S. The van der Waals surface area contributed by atoms with Gasteiger partial charge >= 0.3 is 0 Å². The van der Waals surface area contributed by atoms with Gasteiger partial charge in [0.2, 0.25) is 0 Å². The molecule has 1 aliphatic rings. The summed E-state index contributed by atoms with van der Waals surface area (Å²) in [5, 5.41) is 3.15. The number of hydrogen-bond donors (Lipinski definition) is 1. The lowest BCUT2D eigenvalue weighted by atomic mass is 9.82. The summed E-state index contributed by atoms with van der Waals surface area (Å²) in [5.74, 6) is 1.24. The molecule has 0 aromatic heterocycles. The summed E-state index contributed by atoms with van der Waals surface area (Å²) in [6.07, 6.45) is 2.12. The number of benzene rings is 1. The maximum absolute atomic E-state index is 12.0. The minimum atomic E-state index is -3.22. The number of nitrogens with one attached hydrogen (secondary N) is 1. The zero-order chi connectivity index (χ0) is 13.9. The normalized spacial score (nSPS) is 22.8. The minimum Gasteiger partial charge on any atom is -0.489 e. The lowest BCUT2D eigenvalue weighted by molar-refractivity contribution is 0.0632. The zero-order valence-electron chi connectivity index (χ0n) is 11.4. The Balaban J connectivity index is 2.06. The van der Waals surface area contributed by atoms with Gasteiger partial charge in [-0.05, 0) is 44.5 Å². The Morgan fingerprint density at radius 2 is 2.00 bits per heavy atom. The average molecular weight is 283 g/mol. The quantitative estimate of drug-likeness (QED) is 0.866. The largest absolute Gasteiger partial charge is 0.489 e. The highest BCUT2D eigenvalue weighted by atomic mass is 32.2. The average Bonchev–Trinajstić information content (AvgIpc) is 2.37. The smallest absolute Gasteiger partial charge is 0.181 e. The van der Waals surface area contributed by atoms with Crippen LogP contribution in [0.4, 0.5) is 0 Å². The minimum absolute atomic E-state index is 0.0976. The van der Waals surface area contributed by atoms with Gasteiger partial charge < -0.3 is 10.1 Å². The molecule has 0 saturated heterocycles. The van der Waals surface area contributed by atoms with Gasteiger partial charge in [-0.3, -0.25) is 0 Å². The van der Waals surface area contributed by atoms with Crippen molar-refractivity contribution < 1.29 is 13.2 Å². The Bertz CT molecular complexity index is 521. The molecular weight excluding hydrogens is 262 g/mol. The second-order valence-corrected chi connectivity index (χ2v) is 7.23. The predicted octanol–water partition coefficient (Wildman–Crippen LogP) is 1.86. The molecule has 1 aromatic carbocycles. The molecule has 1 saturated carbocycles. The van der Waals surface area contributed by atoms with E-state index < -0.39 is 9.84 Å². The summed E-state index contributed by atoms with van der Waals surface area (Å²) in [4.78, 5) is 0.314. The first-order valence-electron chi connectivity index (χ1n) is 6.70. The van der Waals surface area contributed by atoms with Gasteiger partial charge in [-0.15, -0.1) is 0 Å². The molecule has 0 spiro atoms. The van der Waals surface area contributed by atoms with Crippen LogP contribution >= 0.6 is 0 Å². The predicted molar refractivity (Wildman–Crippen MR) is 75.2 cm³/mol. The van der Waals surface area contributed by atoms with E-state index in [9.17, 15) is 8.42 Å². The third kappa shape index (κ3) is 3.28. The van der Waals surface area contributed by atoms with Gasteiger partial charge in [0.1, 0.15) is 10.6 Å². The van der Waals surface area contributed by atoms with Crippen LogP contribution in [0.1, 0.15) is 19.8 Å². The van der Waals surface area contributed by atoms with E-state index in [4.69, 9.17) is 4.74 Å². The van der Waals surface area contributed by atoms with Crippen LogP contribution in [0.15, 0.2) is 29.2 Å². The molecule has 1 N–H and O–H groups in total. The van der Waals surface area contributed by atoms with E-state index in [0.717, 1.165) is 19.4 Å². The van der Waals surface area contributed by atoms with Crippen LogP contribution in [0.3, 0.4) is 0 Å². The Kier molecular flexibility index (Phi) is 4.47. The maximum atomic E-state index is 12.0. The topological polar surface area (TPSA) is 55.4 Å². The second-order valence-electron chi connectivity index (χ2n) is 4.99. The molecule has 1 aliphatic carbocycles. The number of ether oxygens (including phenoxy) is 1. The van der Waals surface area contributed by atoms with Crippen molar-refractivity contribution in [2.45, 2.75) is 30.8 Å². The summed E-state index contributed by atoms with van der Waals surface area (Å²) in [6, 6.07) is 6.92. The fourth-order valence-electron chi connectivity index (χ4n) is 2.37. The lowest BCUT2D eigenvalue weighted by Crippen LogP contribution is -2.38. The fourth-order valence-corrected chi connectivity index (χ4v) is 3.39. The van der Waals surface area contributed by atoms with Crippen LogP contribution in [0.25, 0.3) is 0 Å². The number of rotatable bonds is 6. The van der Waals surface area contributed by atoms with Crippen LogP contribution in [0, 0.1) is 5.92 Å². The first-order valence-corrected chi connectivity index (χ1v) is 8.35. The molecule has 1 fully saturated rings. The first kappa shape index (κ1) is 14.3. The summed E-state index contributed by atoms with van der Waals surface area (Å²) in [6.45, 7) is 2.65. The summed E-state index contributed by atoms with van der Waals surface area (Å²) in [5.41, 5.74) is 0.